The summed E-state index contributed by atoms with van der Waals surface area (Å²) in [6.45, 7) is -0.835. The molecule has 0 atom stereocenters. The second-order valence-electron chi connectivity index (χ2n) is 0.973. The van der Waals surface area contributed by atoms with Crippen LogP contribution in [0.5, 0.6) is 0 Å². The Morgan fingerprint density at radius 1 is 1.50 bits per heavy atom. The predicted octanol–water partition coefficient (Wildman–Crippen LogP) is -4.91. The minimum absolute atomic E-state index is 0. The minimum Gasteiger partial charge on any atom is -1.00 e. The van der Waals surface area contributed by atoms with Gasteiger partial charge < -0.3 is 12.0 Å². The quantitative estimate of drug-likeness (QED) is 0.350. The van der Waals surface area contributed by atoms with Crippen LogP contribution in [0, 0.1) is 0 Å². The van der Waals surface area contributed by atoms with E-state index in [4.69, 9.17) is 9.66 Å². The molecule has 0 amide bonds. The average molecular weight is 200 g/mol. The van der Waals surface area contributed by atoms with Crippen LogP contribution < -0.4 is 51.4 Å². The largest absolute Gasteiger partial charge is 1.00 e. The first-order valence-corrected chi connectivity index (χ1v) is 3.15. The molecule has 8 heteroatoms. The van der Waals surface area contributed by atoms with Crippen molar-refractivity contribution in [3.8, 4) is 0 Å². The van der Waals surface area contributed by atoms with Crippen LogP contribution in [-0.2, 0) is 14.6 Å². The summed E-state index contributed by atoms with van der Waals surface area (Å²) in [6.07, 6.45) is 0. The Morgan fingerprint density at radius 3 is 2.00 bits per heavy atom. The molecule has 0 radical (unpaired) electrons. The van der Waals surface area contributed by atoms with Crippen molar-refractivity contribution >= 4 is 10.4 Å². The van der Waals surface area contributed by atoms with Gasteiger partial charge in [-0.15, -0.1) is 0 Å². The van der Waals surface area contributed by atoms with Crippen LogP contribution in [0.3, 0.4) is 0 Å². The molecule has 0 fully saturated rings. The minimum atomic E-state index is -4.35. The van der Waals surface area contributed by atoms with Gasteiger partial charge in [-0.25, -0.2) is 4.18 Å². The van der Waals surface area contributed by atoms with E-state index in [9.17, 15) is 8.42 Å². The molecule has 0 heterocycles. The summed E-state index contributed by atoms with van der Waals surface area (Å²) in [5.41, 5.74) is 0. The molecule has 4 N–H and O–H groups in total. The van der Waals surface area contributed by atoms with Crippen molar-refractivity contribution < 1.29 is 80.5 Å². The summed E-state index contributed by atoms with van der Waals surface area (Å²) in [5.74, 6) is 0. The van der Waals surface area contributed by atoms with E-state index in [-0.39, 0.29) is 58.3 Å². The van der Waals surface area contributed by atoms with Crippen molar-refractivity contribution in [2.45, 2.75) is 0 Å². The van der Waals surface area contributed by atoms with E-state index in [0.29, 0.717) is 0 Å². The fourth-order valence-electron chi connectivity index (χ4n) is 0.143. The molecule has 6 nitrogen and oxygen atoms in total. The summed E-state index contributed by atoms with van der Waals surface area (Å²) in [5, 5.41) is 7.93. The summed E-state index contributed by atoms with van der Waals surface area (Å²) >= 11 is 0. The molecule has 0 aliphatic heterocycles. The van der Waals surface area contributed by atoms with Crippen LogP contribution >= 0.6 is 0 Å². The van der Waals surface area contributed by atoms with Gasteiger partial charge >= 0.3 is 61.8 Å². The van der Waals surface area contributed by atoms with Crippen LogP contribution in [0.25, 0.3) is 0 Å². The zero-order chi connectivity index (χ0) is 6.62. The van der Waals surface area contributed by atoms with Crippen molar-refractivity contribution in [1.82, 2.24) is 0 Å². The van der Waals surface area contributed by atoms with Gasteiger partial charge in [-0.1, -0.05) is 0 Å². The first kappa shape index (κ1) is 17.5. The summed E-state index contributed by atoms with van der Waals surface area (Å²) in [6, 6.07) is 0. The van der Waals surface area contributed by atoms with Gasteiger partial charge in [-0.3, -0.25) is 4.55 Å². The normalized spacial score (nSPS) is 9.40. The summed E-state index contributed by atoms with van der Waals surface area (Å²) in [7, 11) is -4.35. The van der Waals surface area contributed by atoms with Gasteiger partial charge in [0.15, 0.2) is 0 Å². The SMILES string of the molecule is O.O=S(=O)(O)OCCO.[H-].[K+]. The van der Waals surface area contributed by atoms with Crippen molar-refractivity contribution in [2.24, 2.45) is 0 Å². The molecule has 0 aliphatic carbocycles. The molecular weight excluding hydrogens is 191 g/mol. The molecule has 0 spiro atoms. The molecule has 0 aromatic heterocycles. The zero-order valence-corrected chi connectivity index (χ0v) is 9.38. The average Bonchev–Trinajstić information content (AvgIpc) is 1.59. The van der Waals surface area contributed by atoms with Crippen LogP contribution in [0.15, 0.2) is 0 Å². The van der Waals surface area contributed by atoms with E-state index in [1.54, 1.807) is 0 Å². The zero-order valence-electron chi connectivity index (χ0n) is 6.44. The standard InChI is InChI=1S/C2H6O5S.K.H2O.H/c3-1-2-7-8(4,5)6;;;/h3H,1-2H2,(H,4,5,6);;1H2;/q;+1;;-1. The van der Waals surface area contributed by atoms with Gasteiger partial charge in [0.2, 0.25) is 0 Å². The number of aliphatic hydroxyl groups is 1. The maximum Gasteiger partial charge on any atom is 1.00 e. The third-order valence-electron chi connectivity index (χ3n) is 0.324. The van der Waals surface area contributed by atoms with E-state index in [1.807, 2.05) is 0 Å². The maximum absolute atomic E-state index is 9.61. The molecule has 0 unspecified atom stereocenters. The Kier molecular flexibility index (Phi) is 14.9. The molecule has 10 heavy (non-hydrogen) atoms. The summed E-state index contributed by atoms with van der Waals surface area (Å²) < 4.78 is 30.7. The van der Waals surface area contributed by atoms with Gasteiger partial charge in [-0.2, -0.15) is 8.42 Å². The third-order valence-corrected chi connectivity index (χ3v) is 0.788. The number of hydrogen-bond donors (Lipinski definition) is 2. The van der Waals surface area contributed by atoms with E-state index in [2.05, 4.69) is 4.18 Å². The molecule has 0 saturated heterocycles. The second-order valence-corrected chi connectivity index (χ2v) is 2.06. The first-order valence-electron chi connectivity index (χ1n) is 1.79. The van der Waals surface area contributed by atoms with E-state index in [1.165, 1.54) is 0 Å². The van der Waals surface area contributed by atoms with Crippen molar-refractivity contribution in [3.05, 3.63) is 0 Å². The van der Waals surface area contributed by atoms with Gasteiger partial charge in [0.1, 0.15) is 0 Å². The smallest absolute Gasteiger partial charge is 1.00 e. The van der Waals surface area contributed by atoms with Crippen LogP contribution in [-0.4, -0.2) is 36.8 Å². The van der Waals surface area contributed by atoms with E-state index < -0.39 is 23.6 Å². The molecule has 0 aromatic carbocycles. The molecule has 60 valence electrons. The van der Waals surface area contributed by atoms with E-state index >= 15 is 0 Å². The second kappa shape index (κ2) is 8.52. The maximum atomic E-state index is 9.61. The summed E-state index contributed by atoms with van der Waals surface area (Å²) in [4.78, 5) is 0. The Morgan fingerprint density at radius 2 is 1.90 bits per heavy atom. The number of rotatable bonds is 3. The molecule has 0 saturated carbocycles. The van der Waals surface area contributed by atoms with Crippen molar-refractivity contribution in [3.63, 3.8) is 0 Å². The Balaban J connectivity index is -0.0000000817. The van der Waals surface area contributed by atoms with Crippen molar-refractivity contribution in [1.29, 1.82) is 0 Å². The Bertz CT molecular complexity index is 145. The van der Waals surface area contributed by atoms with Gasteiger partial charge in [-0.05, 0) is 0 Å². The number of hydrogen-bond acceptors (Lipinski definition) is 4. The fourth-order valence-corrected chi connectivity index (χ4v) is 0.428. The number of aliphatic hydroxyl groups excluding tert-OH is 1. The first-order chi connectivity index (χ1) is 3.56. The predicted molar refractivity (Wildman–Crippen MR) is 29.3 cm³/mol. The molecule has 0 aliphatic rings. The van der Waals surface area contributed by atoms with Crippen molar-refractivity contribution in [2.75, 3.05) is 13.2 Å². The monoisotopic (exact) mass is 200 g/mol. The molecule has 0 bridgehead atoms. The van der Waals surface area contributed by atoms with Gasteiger partial charge in [0, 0.05) is 0 Å². The Hall–Kier alpha value is 1.43. The molecule has 0 rings (SSSR count). The van der Waals surface area contributed by atoms with Crippen LogP contribution in [0.1, 0.15) is 1.43 Å². The third kappa shape index (κ3) is 16.2. The van der Waals surface area contributed by atoms with Crippen LogP contribution in [0.4, 0.5) is 0 Å². The van der Waals surface area contributed by atoms with Gasteiger partial charge in [0.25, 0.3) is 0 Å². The molecular formula is C2H9KO6S. The molecule has 0 aromatic rings. The van der Waals surface area contributed by atoms with E-state index in [0.717, 1.165) is 0 Å². The topological polar surface area (TPSA) is 115 Å². The Labute approximate surface area is 103 Å². The van der Waals surface area contributed by atoms with Gasteiger partial charge in [0.05, 0.1) is 13.2 Å². The van der Waals surface area contributed by atoms with Crippen LogP contribution in [0.2, 0.25) is 0 Å². The fraction of sp³-hybridized carbons (Fsp3) is 1.00.